The van der Waals surface area contributed by atoms with E-state index in [4.69, 9.17) is 18.9 Å². The molecule has 2 saturated heterocycles. The minimum Gasteiger partial charge on any atom is -0.479 e. The molecule has 0 bridgehead atoms. The number of benzene rings is 2. The van der Waals surface area contributed by atoms with Crippen molar-refractivity contribution in [3.8, 4) is 5.75 Å². The van der Waals surface area contributed by atoms with E-state index < -0.39 is 11.0 Å². The van der Waals surface area contributed by atoms with E-state index in [1.54, 1.807) is 7.11 Å². The molecule has 2 N–H and O–H groups in total. The molecule has 2 fully saturated rings. The highest BCUT2D eigenvalue weighted by Crippen LogP contribution is 2.42. The van der Waals surface area contributed by atoms with Crippen molar-refractivity contribution in [2.75, 3.05) is 58.0 Å². The highest BCUT2D eigenvalue weighted by atomic mass is 16.5. The predicted molar refractivity (Wildman–Crippen MR) is 174 cm³/mol. The lowest BCUT2D eigenvalue weighted by molar-refractivity contribution is -0.130. The normalized spacial score (nSPS) is 24.4. The Labute approximate surface area is 264 Å². The minimum atomic E-state index is -0.427. The summed E-state index contributed by atoms with van der Waals surface area (Å²) in [6.07, 6.45) is 5.99. The van der Waals surface area contributed by atoms with Crippen molar-refractivity contribution in [3.63, 3.8) is 0 Å². The topological polar surface area (TPSA) is 81.3 Å². The monoisotopic (exact) mass is 607 g/mol. The second-order valence-electron chi connectivity index (χ2n) is 13.7. The van der Waals surface area contributed by atoms with Crippen molar-refractivity contribution in [3.05, 3.63) is 59.7 Å². The van der Waals surface area contributed by atoms with Crippen LogP contribution in [0.5, 0.6) is 5.75 Å². The van der Waals surface area contributed by atoms with E-state index in [0.717, 1.165) is 102 Å². The molecular formula is C36H53N3O5. The molecule has 3 heterocycles. The van der Waals surface area contributed by atoms with Crippen molar-refractivity contribution in [2.45, 2.75) is 83.6 Å². The summed E-state index contributed by atoms with van der Waals surface area (Å²) in [7, 11) is 1.76. The largest absolute Gasteiger partial charge is 0.479 e. The van der Waals surface area contributed by atoms with E-state index in [1.165, 1.54) is 5.56 Å². The third-order valence-electron chi connectivity index (χ3n) is 9.57. The Balaban J connectivity index is 1.12. The molecule has 44 heavy (non-hydrogen) atoms. The van der Waals surface area contributed by atoms with E-state index in [0.29, 0.717) is 18.6 Å². The first-order valence-electron chi connectivity index (χ1n) is 16.6. The second-order valence-corrected chi connectivity index (χ2v) is 13.7. The Kier molecular flexibility index (Phi) is 11.2. The molecule has 1 amide bonds. The third kappa shape index (κ3) is 8.53. The molecule has 2 aromatic carbocycles. The maximum Gasteiger partial charge on any atom is 0.225 e. The zero-order chi connectivity index (χ0) is 31.0. The van der Waals surface area contributed by atoms with Crippen molar-refractivity contribution in [1.29, 1.82) is 0 Å². The summed E-state index contributed by atoms with van der Waals surface area (Å²) >= 11 is 0. The van der Waals surface area contributed by atoms with Crippen LogP contribution in [0.25, 0.3) is 0 Å². The average molecular weight is 608 g/mol. The van der Waals surface area contributed by atoms with E-state index >= 15 is 0 Å². The Morgan fingerprint density at radius 3 is 2.64 bits per heavy atom. The number of fused-ring (bicyclic) bond motifs is 1. The molecule has 0 radical (unpaired) electrons. The van der Waals surface area contributed by atoms with Gasteiger partial charge < -0.3 is 34.5 Å². The Morgan fingerprint density at radius 2 is 1.91 bits per heavy atom. The number of methoxy groups -OCH3 is 1. The van der Waals surface area contributed by atoms with Crippen LogP contribution in [-0.4, -0.2) is 71.2 Å². The summed E-state index contributed by atoms with van der Waals surface area (Å²) in [5.41, 5.74) is 2.61. The van der Waals surface area contributed by atoms with Gasteiger partial charge in [0.25, 0.3) is 0 Å². The summed E-state index contributed by atoms with van der Waals surface area (Å²) < 4.78 is 23.9. The smallest absolute Gasteiger partial charge is 0.225 e. The van der Waals surface area contributed by atoms with Gasteiger partial charge >= 0.3 is 0 Å². The molecule has 2 aromatic rings. The van der Waals surface area contributed by atoms with Crippen LogP contribution in [0.2, 0.25) is 0 Å². The maximum absolute atomic E-state index is 13.0. The van der Waals surface area contributed by atoms with Crippen LogP contribution in [0.4, 0.5) is 5.69 Å². The van der Waals surface area contributed by atoms with E-state index in [1.807, 2.05) is 6.07 Å². The Bertz CT molecular complexity index is 1190. The number of hydrogen-bond acceptors (Lipinski definition) is 7. The minimum absolute atomic E-state index is 0.154. The van der Waals surface area contributed by atoms with E-state index in [2.05, 4.69) is 78.8 Å². The quantitative estimate of drug-likeness (QED) is 0.294. The number of carbonyl (C=O) groups is 1. The van der Waals surface area contributed by atoms with Gasteiger partial charge in [-0.3, -0.25) is 4.79 Å². The van der Waals surface area contributed by atoms with Gasteiger partial charge in [0, 0.05) is 58.0 Å². The zero-order valence-electron chi connectivity index (χ0n) is 27.2. The van der Waals surface area contributed by atoms with Crippen LogP contribution >= 0.6 is 0 Å². The van der Waals surface area contributed by atoms with Gasteiger partial charge in [-0.25, -0.2) is 0 Å². The third-order valence-corrected chi connectivity index (χ3v) is 9.57. The summed E-state index contributed by atoms with van der Waals surface area (Å²) in [4.78, 5) is 15.4. The van der Waals surface area contributed by atoms with Crippen LogP contribution in [0.3, 0.4) is 0 Å². The Hall–Kier alpha value is -2.65. The molecular weight excluding hydrogens is 554 g/mol. The van der Waals surface area contributed by atoms with Crippen molar-refractivity contribution < 1.29 is 23.7 Å². The molecule has 3 aliphatic heterocycles. The van der Waals surface area contributed by atoms with Crippen LogP contribution in [0.1, 0.15) is 70.4 Å². The van der Waals surface area contributed by atoms with Crippen LogP contribution < -0.4 is 20.3 Å². The molecule has 0 spiro atoms. The van der Waals surface area contributed by atoms with Crippen molar-refractivity contribution >= 4 is 11.6 Å². The predicted octanol–water partition coefficient (Wildman–Crippen LogP) is 5.43. The van der Waals surface area contributed by atoms with Gasteiger partial charge in [-0.2, -0.15) is 0 Å². The number of nitrogens with one attached hydrogen (secondary N) is 2. The Morgan fingerprint density at radius 1 is 1.11 bits per heavy atom. The number of ether oxygens (including phenoxy) is 4. The fraction of sp³-hybridized carbons (Fsp3) is 0.639. The molecule has 0 saturated carbocycles. The van der Waals surface area contributed by atoms with Gasteiger partial charge in [0.05, 0.1) is 24.9 Å². The number of hydrogen-bond donors (Lipinski definition) is 2. The summed E-state index contributed by atoms with van der Waals surface area (Å²) in [6.45, 7) is 12.4. The van der Waals surface area contributed by atoms with Crippen molar-refractivity contribution in [1.82, 2.24) is 10.6 Å². The second kappa shape index (κ2) is 15.1. The number of amides is 1. The molecule has 8 heteroatoms. The summed E-state index contributed by atoms with van der Waals surface area (Å²) in [5.74, 6) is 1.59. The first-order chi connectivity index (χ1) is 21.3. The highest BCUT2D eigenvalue weighted by molar-refractivity contribution is 5.81. The van der Waals surface area contributed by atoms with Gasteiger partial charge in [-0.05, 0) is 74.6 Å². The van der Waals surface area contributed by atoms with Crippen LogP contribution in [-0.2, 0) is 31.2 Å². The van der Waals surface area contributed by atoms with Crippen LogP contribution in [0, 0.1) is 11.3 Å². The molecule has 3 aliphatic rings. The fourth-order valence-electron chi connectivity index (χ4n) is 6.81. The molecule has 0 aliphatic carbocycles. The highest BCUT2D eigenvalue weighted by Gasteiger charge is 2.37. The van der Waals surface area contributed by atoms with E-state index in [-0.39, 0.29) is 12.0 Å². The van der Waals surface area contributed by atoms with Gasteiger partial charge in [0.1, 0.15) is 11.4 Å². The van der Waals surface area contributed by atoms with Gasteiger partial charge in [-0.1, -0.05) is 50.2 Å². The standard InChI is InChI=1S/C36H53N3O5/c1-35(2,34(40)38-23-27-15-19-42-20-16-27)22-30-12-13-31(24-37-30)43-25-28-11-14-33-32(21-28)39(17-8-18-41-4)26-36(3,44-33)29-9-6-5-7-10-29/h5-7,9-11,14,21,27,30-31,37H,8,12-13,15-20,22-26H2,1-4H3,(H,38,40)/t30-,31+,36?/m0/s1. The maximum atomic E-state index is 13.0. The molecule has 3 atom stereocenters. The lowest BCUT2D eigenvalue weighted by Crippen LogP contribution is -2.48. The number of nitrogens with zero attached hydrogens (tertiary/aromatic N) is 1. The SMILES string of the molecule is COCCCN1CC(C)(c2ccccc2)Oc2ccc(CO[C@@H]3CC[C@@H](CC(C)(C)C(=O)NCC4CCOCC4)NC3)cc21. The lowest BCUT2D eigenvalue weighted by Gasteiger charge is -2.43. The molecule has 5 rings (SSSR count). The summed E-state index contributed by atoms with van der Waals surface area (Å²) in [5, 5.41) is 6.89. The van der Waals surface area contributed by atoms with Crippen molar-refractivity contribution in [2.24, 2.45) is 11.3 Å². The first-order valence-corrected chi connectivity index (χ1v) is 16.6. The van der Waals surface area contributed by atoms with Crippen LogP contribution in [0.15, 0.2) is 48.5 Å². The lowest BCUT2D eigenvalue weighted by atomic mass is 9.82. The summed E-state index contributed by atoms with van der Waals surface area (Å²) in [6, 6.07) is 17.3. The van der Waals surface area contributed by atoms with Gasteiger partial charge in [-0.15, -0.1) is 0 Å². The molecule has 242 valence electrons. The first kappa shape index (κ1) is 32.7. The van der Waals surface area contributed by atoms with Gasteiger partial charge in [0.15, 0.2) is 0 Å². The number of anilines is 1. The van der Waals surface area contributed by atoms with Gasteiger partial charge in [0.2, 0.25) is 5.91 Å². The number of carbonyl (C=O) groups excluding carboxylic acids is 1. The average Bonchev–Trinajstić information content (AvgIpc) is 3.04. The zero-order valence-corrected chi connectivity index (χ0v) is 27.2. The number of rotatable bonds is 13. The fourth-order valence-corrected chi connectivity index (χ4v) is 6.81. The molecule has 8 nitrogen and oxygen atoms in total. The van der Waals surface area contributed by atoms with E-state index in [9.17, 15) is 4.79 Å². The number of piperidine rings is 1. The molecule has 0 aromatic heterocycles. The molecule has 1 unspecified atom stereocenters.